The van der Waals surface area contributed by atoms with Gasteiger partial charge in [0.25, 0.3) is 0 Å². The minimum atomic E-state index is 0.587. The third-order valence-electron chi connectivity index (χ3n) is 2.47. The van der Waals surface area contributed by atoms with Gasteiger partial charge >= 0.3 is 0 Å². The van der Waals surface area contributed by atoms with E-state index in [2.05, 4.69) is 26.1 Å². The Bertz CT molecular complexity index is 296. The summed E-state index contributed by atoms with van der Waals surface area (Å²) in [4.78, 5) is 1.26. The van der Waals surface area contributed by atoms with Gasteiger partial charge in [-0.3, -0.25) is 0 Å². The van der Waals surface area contributed by atoms with E-state index in [-0.39, 0.29) is 0 Å². The quantitative estimate of drug-likeness (QED) is 0.582. The van der Waals surface area contributed by atoms with E-state index in [1.807, 2.05) is 24.8 Å². The van der Waals surface area contributed by atoms with Crippen LogP contribution in [0, 0.1) is 12.8 Å². The van der Waals surface area contributed by atoms with E-state index in [1.54, 1.807) is 6.26 Å². The Labute approximate surface area is 103 Å². The summed E-state index contributed by atoms with van der Waals surface area (Å²) >= 11 is 1.88. The average Bonchev–Trinajstić information content (AvgIpc) is 2.59. The lowest BCUT2D eigenvalue weighted by atomic mass is 10.1. The van der Waals surface area contributed by atoms with Gasteiger partial charge in [0, 0.05) is 16.7 Å². The fraction of sp³-hybridized carbons (Fsp3) is 0.692. The highest BCUT2D eigenvalue weighted by Crippen LogP contribution is 2.26. The van der Waals surface area contributed by atoms with Crippen LogP contribution in [0.4, 0.5) is 0 Å². The van der Waals surface area contributed by atoms with Gasteiger partial charge in [-0.2, -0.15) is 0 Å². The number of rotatable bonds is 7. The van der Waals surface area contributed by atoms with E-state index in [0.717, 1.165) is 24.8 Å². The van der Waals surface area contributed by atoms with E-state index in [9.17, 15) is 0 Å². The van der Waals surface area contributed by atoms with Crippen LogP contribution in [0.5, 0.6) is 0 Å². The first-order chi connectivity index (χ1) is 7.59. The maximum atomic E-state index is 5.28. The monoisotopic (exact) mass is 241 g/mol. The van der Waals surface area contributed by atoms with Crippen molar-refractivity contribution in [2.24, 2.45) is 5.92 Å². The van der Waals surface area contributed by atoms with Crippen molar-refractivity contribution >= 4 is 11.8 Å². The van der Waals surface area contributed by atoms with Gasteiger partial charge in [-0.15, -0.1) is 11.8 Å². The average molecular weight is 241 g/mol. The van der Waals surface area contributed by atoms with Crippen LogP contribution in [0.15, 0.2) is 21.6 Å². The van der Waals surface area contributed by atoms with E-state index in [0.29, 0.717) is 5.25 Å². The molecule has 0 saturated heterocycles. The van der Waals surface area contributed by atoms with Gasteiger partial charge in [-0.25, -0.2) is 0 Å². The lowest BCUT2D eigenvalue weighted by molar-refractivity contribution is 0.526. The smallest absolute Gasteiger partial charge is 0.114 e. The molecule has 16 heavy (non-hydrogen) atoms. The van der Waals surface area contributed by atoms with Crippen LogP contribution in [0.3, 0.4) is 0 Å². The largest absolute Gasteiger partial charge is 0.468 e. The van der Waals surface area contributed by atoms with Crippen molar-refractivity contribution in [1.82, 2.24) is 5.32 Å². The highest BCUT2D eigenvalue weighted by molar-refractivity contribution is 8.00. The second-order valence-electron chi connectivity index (χ2n) is 4.66. The third-order valence-corrected chi connectivity index (χ3v) is 3.72. The van der Waals surface area contributed by atoms with Gasteiger partial charge in [-0.05, 0) is 31.9 Å². The summed E-state index contributed by atoms with van der Waals surface area (Å²) in [6, 6.07) is 2.05. The summed E-state index contributed by atoms with van der Waals surface area (Å²) in [5, 5.41) is 4.08. The molecule has 1 heterocycles. The van der Waals surface area contributed by atoms with Gasteiger partial charge in [0.05, 0.1) is 6.26 Å². The molecule has 0 radical (unpaired) electrons. The molecule has 1 aromatic heterocycles. The van der Waals surface area contributed by atoms with Gasteiger partial charge in [0.1, 0.15) is 5.76 Å². The van der Waals surface area contributed by atoms with Crippen LogP contribution in [0.1, 0.15) is 33.0 Å². The second-order valence-corrected chi connectivity index (χ2v) is 6.14. The predicted octanol–water partition coefficient (Wildman–Crippen LogP) is 3.70. The molecule has 1 aromatic rings. The summed E-state index contributed by atoms with van der Waals surface area (Å²) < 4.78 is 5.28. The third kappa shape index (κ3) is 5.08. The molecular formula is C13H23NOS. The maximum absolute atomic E-state index is 5.28. The molecule has 0 aliphatic carbocycles. The van der Waals surface area contributed by atoms with Gasteiger partial charge < -0.3 is 9.73 Å². The molecule has 3 heteroatoms. The normalized spacial score (nSPS) is 13.3. The van der Waals surface area contributed by atoms with Gasteiger partial charge in [0.2, 0.25) is 0 Å². The minimum absolute atomic E-state index is 0.587. The molecule has 0 fully saturated rings. The maximum Gasteiger partial charge on any atom is 0.114 e. The summed E-state index contributed by atoms with van der Waals surface area (Å²) in [7, 11) is 0. The van der Waals surface area contributed by atoms with Crippen molar-refractivity contribution in [3.8, 4) is 0 Å². The molecule has 1 unspecified atom stereocenters. The van der Waals surface area contributed by atoms with Crippen molar-refractivity contribution in [2.45, 2.75) is 44.3 Å². The molecule has 0 spiro atoms. The van der Waals surface area contributed by atoms with Crippen LogP contribution in [0.25, 0.3) is 0 Å². The summed E-state index contributed by atoms with van der Waals surface area (Å²) in [5.41, 5.74) is 0. The summed E-state index contributed by atoms with van der Waals surface area (Å²) in [5.74, 6) is 1.81. The van der Waals surface area contributed by atoms with Crippen molar-refractivity contribution in [1.29, 1.82) is 0 Å². The standard InChI is InChI=1S/C13H23NOS/c1-10(2)5-7-14-9-11(3)16-13-6-8-15-12(13)4/h6,8,10-11,14H,5,7,9H2,1-4H3. The number of hydrogen-bond donors (Lipinski definition) is 1. The summed E-state index contributed by atoms with van der Waals surface area (Å²) in [6.45, 7) is 11.0. The minimum Gasteiger partial charge on any atom is -0.468 e. The van der Waals surface area contributed by atoms with E-state index < -0.39 is 0 Å². The molecular weight excluding hydrogens is 218 g/mol. The molecule has 2 nitrogen and oxygen atoms in total. The van der Waals surface area contributed by atoms with Crippen LogP contribution in [-0.4, -0.2) is 18.3 Å². The molecule has 0 amide bonds. The predicted molar refractivity (Wildman–Crippen MR) is 71.1 cm³/mol. The molecule has 1 rings (SSSR count). The molecule has 92 valence electrons. The Morgan fingerprint density at radius 2 is 2.12 bits per heavy atom. The molecule has 0 aliphatic heterocycles. The fourth-order valence-corrected chi connectivity index (χ4v) is 2.43. The highest BCUT2D eigenvalue weighted by atomic mass is 32.2. The molecule has 1 atom stereocenters. The SMILES string of the molecule is Cc1occc1SC(C)CNCCC(C)C. The Balaban J connectivity index is 2.16. The second kappa shape index (κ2) is 7.02. The Kier molecular flexibility index (Phi) is 5.99. The van der Waals surface area contributed by atoms with Crippen LogP contribution >= 0.6 is 11.8 Å². The number of thioether (sulfide) groups is 1. The fourth-order valence-electron chi connectivity index (χ4n) is 1.45. The van der Waals surface area contributed by atoms with Gasteiger partial charge in [-0.1, -0.05) is 20.8 Å². The number of aryl methyl sites for hydroxylation is 1. The molecule has 0 aliphatic rings. The van der Waals surface area contributed by atoms with Crippen LogP contribution in [-0.2, 0) is 0 Å². The molecule has 0 bridgehead atoms. The molecule has 0 saturated carbocycles. The van der Waals surface area contributed by atoms with Crippen LogP contribution < -0.4 is 5.32 Å². The Hall–Kier alpha value is -0.410. The lowest BCUT2D eigenvalue weighted by Gasteiger charge is -2.12. The number of nitrogens with one attached hydrogen (secondary N) is 1. The number of furan rings is 1. The van der Waals surface area contributed by atoms with Crippen molar-refractivity contribution in [2.75, 3.05) is 13.1 Å². The zero-order chi connectivity index (χ0) is 12.0. The van der Waals surface area contributed by atoms with Crippen molar-refractivity contribution < 1.29 is 4.42 Å². The molecule has 1 N–H and O–H groups in total. The first-order valence-corrected chi connectivity index (χ1v) is 6.89. The Morgan fingerprint density at radius 1 is 1.38 bits per heavy atom. The zero-order valence-corrected chi connectivity index (χ0v) is 11.6. The zero-order valence-electron chi connectivity index (χ0n) is 10.7. The topological polar surface area (TPSA) is 25.2 Å². The summed E-state index contributed by atoms with van der Waals surface area (Å²) in [6.07, 6.45) is 3.01. The van der Waals surface area contributed by atoms with E-state index in [4.69, 9.17) is 4.42 Å². The number of hydrogen-bond acceptors (Lipinski definition) is 3. The first-order valence-electron chi connectivity index (χ1n) is 6.01. The van der Waals surface area contributed by atoms with Crippen molar-refractivity contribution in [3.05, 3.63) is 18.1 Å². The van der Waals surface area contributed by atoms with E-state index >= 15 is 0 Å². The van der Waals surface area contributed by atoms with Crippen molar-refractivity contribution in [3.63, 3.8) is 0 Å². The van der Waals surface area contributed by atoms with Gasteiger partial charge in [0.15, 0.2) is 0 Å². The highest BCUT2D eigenvalue weighted by Gasteiger charge is 2.08. The first kappa shape index (κ1) is 13.7. The van der Waals surface area contributed by atoms with E-state index in [1.165, 1.54) is 11.3 Å². The van der Waals surface area contributed by atoms with Crippen LogP contribution in [0.2, 0.25) is 0 Å². The molecule has 0 aromatic carbocycles. The lowest BCUT2D eigenvalue weighted by Crippen LogP contribution is -2.24. The Morgan fingerprint density at radius 3 is 2.69 bits per heavy atom.